The monoisotopic (exact) mass is 486 g/mol. The van der Waals surface area contributed by atoms with Crippen molar-refractivity contribution in [3.8, 4) is 10.6 Å². The van der Waals surface area contributed by atoms with Gasteiger partial charge in [-0.25, -0.2) is 0 Å². The lowest BCUT2D eigenvalue weighted by Gasteiger charge is -2.19. The summed E-state index contributed by atoms with van der Waals surface area (Å²) in [6.07, 6.45) is -2.82. The highest BCUT2D eigenvalue weighted by molar-refractivity contribution is 9.10. The van der Waals surface area contributed by atoms with Crippen LogP contribution < -0.4 is 11.1 Å². The molecule has 0 aliphatic heterocycles. The predicted octanol–water partition coefficient (Wildman–Crippen LogP) is 4.23. The number of nitrogens with two attached hydrogens (primary N) is 1. The molecule has 5 nitrogen and oxygen atoms in total. The van der Waals surface area contributed by atoms with Gasteiger partial charge in [0, 0.05) is 30.3 Å². The highest BCUT2D eigenvalue weighted by Gasteiger charge is 2.33. The summed E-state index contributed by atoms with van der Waals surface area (Å²) in [6, 6.07) is 8.18. The van der Waals surface area contributed by atoms with E-state index < -0.39 is 17.8 Å². The number of hydrogen-bond donors (Lipinski definition) is 2. The maximum atomic E-state index is 13.2. The van der Waals surface area contributed by atoms with Crippen molar-refractivity contribution in [3.05, 3.63) is 63.1 Å². The van der Waals surface area contributed by atoms with E-state index in [-0.39, 0.29) is 24.4 Å². The van der Waals surface area contributed by atoms with Crippen LogP contribution in [0.3, 0.4) is 0 Å². The van der Waals surface area contributed by atoms with Crippen molar-refractivity contribution in [2.75, 3.05) is 6.54 Å². The molecule has 154 valence electrons. The number of nitrogens with zero attached hydrogens (tertiary/aromatic N) is 2. The molecule has 1 atom stereocenters. The van der Waals surface area contributed by atoms with E-state index in [1.54, 1.807) is 24.0 Å². The summed E-state index contributed by atoms with van der Waals surface area (Å²) >= 11 is 4.71. The van der Waals surface area contributed by atoms with E-state index in [0.29, 0.717) is 4.88 Å². The molecule has 0 spiro atoms. The Balaban J connectivity index is 1.77. The van der Waals surface area contributed by atoms with Crippen molar-refractivity contribution < 1.29 is 18.0 Å². The summed E-state index contributed by atoms with van der Waals surface area (Å²) in [7, 11) is 1.80. The van der Waals surface area contributed by atoms with Gasteiger partial charge < -0.3 is 11.1 Å². The first-order valence-corrected chi connectivity index (χ1v) is 10.3. The number of carbonyl (C=O) groups is 1. The van der Waals surface area contributed by atoms with Crippen LogP contribution in [0.15, 0.2) is 47.1 Å². The van der Waals surface area contributed by atoms with E-state index in [2.05, 4.69) is 26.3 Å². The highest BCUT2D eigenvalue weighted by atomic mass is 79.9. The van der Waals surface area contributed by atoms with Crippen LogP contribution in [0.25, 0.3) is 10.6 Å². The highest BCUT2D eigenvalue weighted by Crippen LogP contribution is 2.36. The molecule has 10 heteroatoms. The summed E-state index contributed by atoms with van der Waals surface area (Å²) in [6.45, 7) is 0.0130. The third-order valence-corrected chi connectivity index (χ3v) is 6.42. The zero-order chi connectivity index (χ0) is 21.2. The number of hydrogen-bond acceptors (Lipinski definition) is 4. The fourth-order valence-electron chi connectivity index (χ4n) is 2.94. The SMILES string of the molecule is Cn1nccc1-c1sc(C(=O)NC(CN)Cc2ccccc2C(F)(F)F)cc1Br. The van der Waals surface area contributed by atoms with Gasteiger partial charge in [-0.2, -0.15) is 18.3 Å². The Morgan fingerprint density at radius 1 is 1.34 bits per heavy atom. The van der Waals surface area contributed by atoms with Crippen molar-refractivity contribution in [1.29, 1.82) is 0 Å². The molecule has 0 aliphatic rings. The minimum atomic E-state index is -4.46. The second kappa shape index (κ2) is 8.68. The van der Waals surface area contributed by atoms with Gasteiger partial charge >= 0.3 is 6.18 Å². The van der Waals surface area contributed by atoms with Gasteiger partial charge in [0.15, 0.2) is 0 Å². The summed E-state index contributed by atoms with van der Waals surface area (Å²) in [4.78, 5) is 13.9. The molecule has 0 saturated heterocycles. The Labute approximate surface area is 177 Å². The molecule has 0 fully saturated rings. The number of rotatable bonds is 6. The number of halogens is 4. The van der Waals surface area contributed by atoms with Gasteiger partial charge in [-0.05, 0) is 46.1 Å². The van der Waals surface area contributed by atoms with E-state index >= 15 is 0 Å². The number of thiophene rings is 1. The summed E-state index contributed by atoms with van der Waals surface area (Å²) in [5.41, 5.74) is 5.95. The predicted molar refractivity (Wildman–Crippen MR) is 110 cm³/mol. The standard InChI is InChI=1S/C19H18BrF3N4OS/c1-27-15(6-7-25-27)17-14(20)9-16(29-17)18(28)26-12(10-24)8-11-4-2-3-5-13(11)19(21,22)23/h2-7,9,12H,8,10,24H2,1H3,(H,26,28). The van der Waals surface area contributed by atoms with Gasteiger partial charge in [-0.3, -0.25) is 9.48 Å². The van der Waals surface area contributed by atoms with Crippen LogP contribution in [0.1, 0.15) is 20.8 Å². The Morgan fingerprint density at radius 2 is 2.07 bits per heavy atom. The molecule has 0 bridgehead atoms. The van der Waals surface area contributed by atoms with Crippen LogP contribution in [0.4, 0.5) is 13.2 Å². The maximum Gasteiger partial charge on any atom is 0.416 e. The summed E-state index contributed by atoms with van der Waals surface area (Å²) < 4.78 is 42.1. The quantitative estimate of drug-likeness (QED) is 0.547. The number of nitrogens with one attached hydrogen (secondary N) is 1. The molecule has 3 N–H and O–H groups in total. The Morgan fingerprint density at radius 3 is 2.69 bits per heavy atom. The topological polar surface area (TPSA) is 72.9 Å². The molecular formula is C19H18BrF3N4OS. The van der Waals surface area contributed by atoms with Crippen molar-refractivity contribution in [2.24, 2.45) is 12.8 Å². The van der Waals surface area contributed by atoms with Gasteiger partial charge in [0.2, 0.25) is 0 Å². The summed E-state index contributed by atoms with van der Waals surface area (Å²) in [5, 5.41) is 6.86. The summed E-state index contributed by atoms with van der Waals surface area (Å²) in [5.74, 6) is -0.385. The van der Waals surface area contributed by atoms with E-state index in [1.807, 2.05) is 6.07 Å². The van der Waals surface area contributed by atoms with Crippen LogP contribution in [-0.4, -0.2) is 28.3 Å². The molecule has 0 saturated carbocycles. The second-order valence-corrected chi connectivity index (χ2v) is 8.30. The second-order valence-electron chi connectivity index (χ2n) is 6.39. The lowest BCUT2D eigenvalue weighted by molar-refractivity contribution is -0.138. The molecule has 3 aromatic rings. The first kappa shape index (κ1) is 21.5. The fraction of sp³-hybridized carbons (Fsp3) is 0.263. The lowest BCUT2D eigenvalue weighted by Crippen LogP contribution is -2.41. The fourth-order valence-corrected chi connectivity index (χ4v) is 4.78. The van der Waals surface area contributed by atoms with Crippen molar-refractivity contribution >= 4 is 33.2 Å². The molecule has 3 rings (SSSR count). The Bertz CT molecular complexity index is 1020. The number of aryl methyl sites for hydroxylation is 1. The van der Waals surface area contributed by atoms with Crippen LogP contribution in [0.5, 0.6) is 0 Å². The zero-order valence-electron chi connectivity index (χ0n) is 15.3. The largest absolute Gasteiger partial charge is 0.416 e. The minimum absolute atomic E-state index is 0.0130. The van der Waals surface area contributed by atoms with E-state index in [4.69, 9.17) is 5.73 Å². The molecule has 2 aromatic heterocycles. The average molecular weight is 487 g/mol. The molecule has 0 radical (unpaired) electrons. The van der Waals surface area contributed by atoms with Gasteiger partial charge in [0.05, 0.1) is 21.0 Å². The van der Waals surface area contributed by atoms with Crippen LogP contribution in [-0.2, 0) is 19.6 Å². The molecule has 29 heavy (non-hydrogen) atoms. The number of carbonyl (C=O) groups excluding carboxylic acids is 1. The molecule has 2 heterocycles. The minimum Gasteiger partial charge on any atom is -0.347 e. The van der Waals surface area contributed by atoms with Crippen molar-refractivity contribution in [2.45, 2.75) is 18.6 Å². The van der Waals surface area contributed by atoms with E-state index in [1.165, 1.54) is 29.5 Å². The zero-order valence-corrected chi connectivity index (χ0v) is 17.7. The maximum absolute atomic E-state index is 13.2. The number of amides is 1. The Hall–Kier alpha value is -2.17. The van der Waals surface area contributed by atoms with Crippen LogP contribution >= 0.6 is 27.3 Å². The third kappa shape index (κ3) is 4.88. The van der Waals surface area contributed by atoms with E-state index in [0.717, 1.165) is 21.1 Å². The molecule has 0 aliphatic carbocycles. The van der Waals surface area contributed by atoms with Crippen molar-refractivity contribution in [1.82, 2.24) is 15.1 Å². The van der Waals surface area contributed by atoms with Gasteiger partial charge in [0.25, 0.3) is 5.91 Å². The molecule has 1 aromatic carbocycles. The number of aromatic nitrogens is 2. The van der Waals surface area contributed by atoms with Crippen molar-refractivity contribution in [3.63, 3.8) is 0 Å². The van der Waals surface area contributed by atoms with Gasteiger partial charge in [-0.1, -0.05) is 18.2 Å². The molecule has 1 unspecified atom stereocenters. The van der Waals surface area contributed by atoms with Crippen LogP contribution in [0, 0.1) is 0 Å². The Kier molecular flexibility index (Phi) is 6.45. The smallest absolute Gasteiger partial charge is 0.347 e. The van der Waals surface area contributed by atoms with Crippen LogP contribution in [0.2, 0.25) is 0 Å². The number of benzene rings is 1. The lowest BCUT2D eigenvalue weighted by atomic mass is 9.99. The van der Waals surface area contributed by atoms with E-state index in [9.17, 15) is 18.0 Å². The average Bonchev–Trinajstić information content (AvgIpc) is 3.25. The normalized spacial score (nSPS) is 12.8. The molecule has 1 amide bonds. The first-order chi connectivity index (χ1) is 13.7. The first-order valence-electron chi connectivity index (χ1n) is 8.64. The third-order valence-electron chi connectivity index (χ3n) is 4.37. The van der Waals surface area contributed by atoms with Gasteiger partial charge in [-0.15, -0.1) is 11.3 Å². The van der Waals surface area contributed by atoms with Gasteiger partial charge in [0.1, 0.15) is 0 Å². The molecular weight excluding hydrogens is 469 g/mol. The number of alkyl halides is 3.